The maximum absolute atomic E-state index is 12.3. The van der Waals surface area contributed by atoms with Gasteiger partial charge in [0, 0.05) is 25.0 Å². The van der Waals surface area contributed by atoms with E-state index in [1.54, 1.807) is 19.0 Å². The first-order valence-electron chi connectivity index (χ1n) is 8.45. The Morgan fingerprint density at radius 1 is 1.12 bits per heavy atom. The Bertz CT molecular complexity index is 862. The summed E-state index contributed by atoms with van der Waals surface area (Å²) in [6, 6.07) is 16.8. The second-order valence-electron chi connectivity index (χ2n) is 6.59. The summed E-state index contributed by atoms with van der Waals surface area (Å²) in [5.74, 6) is 0.475. The molecule has 2 aromatic carbocycles. The number of aromatic nitrogens is 1. The molecule has 0 bridgehead atoms. The van der Waals surface area contributed by atoms with Crippen molar-refractivity contribution in [1.82, 2.24) is 9.88 Å². The zero-order chi connectivity index (χ0) is 17.3. The van der Waals surface area contributed by atoms with Crippen LogP contribution in [0.2, 0.25) is 0 Å². The van der Waals surface area contributed by atoms with Crippen LogP contribution in [-0.4, -0.2) is 29.9 Å². The lowest BCUT2D eigenvalue weighted by molar-refractivity contribution is 0.0823. The predicted molar refractivity (Wildman–Crippen MR) is 100 cm³/mol. The third-order valence-corrected chi connectivity index (χ3v) is 4.66. The third-order valence-electron chi connectivity index (χ3n) is 4.66. The Labute approximate surface area is 143 Å². The maximum atomic E-state index is 12.3. The van der Waals surface area contributed by atoms with Crippen molar-refractivity contribution in [3.05, 3.63) is 59.8 Å². The summed E-state index contributed by atoms with van der Waals surface area (Å²) >= 11 is 0. The van der Waals surface area contributed by atoms with Gasteiger partial charge in [-0.1, -0.05) is 50.2 Å². The molecule has 0 saturated heterocycles. The van der Waals surface area contributed by atoms with Gasteiger partial charge in [-0.05, 0) is 41.2 Å². The summed E-state index contributed by atoms with van der Waals surface area (Å²) in [6.45, 7) is 4.44. The number of benzene rings is 2. The van der Waals surface area contributed by atoms with E-state index in [1.807, 2.05) is 12.1 Å². The van der Waals surface area contributed by atoms with Crippen molar-refractivity contribution in [2.45, 2.75) is 26.2 Å². The van der Waals surface area contributed by atoms with Crippen molar-refractivity contribution in [3.8, 4) is 11.1 Å². The van der Waals surface area contributed by atoms with Crippen molar-refractivity contribution < 1.29 is 4.79 Å². The fraction of sp³-hybridized carbons (Fsp3) is 0.286. The van der Waals surface area contributed by atoms with Crippen LogP contribution < -0.4 is 0 Å². The summed E-state index contributed by atoms with van der Waals surface area (Å²) in [5.41, 5.74) is 5.31. The van der Waals surface area contributed by atoms with Gasteiger partial charge in [-0.25, -0.2) is 0 Å². The molecule has 1 atom stereocenters. The molecule has 0 aliphatic carbocycles. The highest BCUT2D eigenvalue weighted by Crippen LogP contribution is 2.34. The first-order chi connectivity index (χ1) is 11.5. The molecule has 0 spiro atoms. The molecule has 124 valence electrons. The summed E-state index contributed by atoms with van der Waals surface area (Å²) in [4.78, 5) is 17.2. The van der Waals surface area contributed by atoms with Crippen molar-refractivity contribution in [1.29, 1.82) is 0 Å². The smallest absolute Gasteiger partial charge is 0.269 e. The molecule has 3 nitrogen and oxygen atoms in total. The number of rotatable bonds is 4. The van der Waals surface area contributed by atoms with E-state index in [2.05, 4.69) is 55.2 Å². The summed E-state index contributed by atoms with van der Waals surface area (Å²) in [5, 5.41) is 1.10. The lowest BCUT2D eigenvalue weighted by Crippen LogP contribution is -2.21. The van der Waals surface area contributed by atoms with Gasteiger partial charge in [-0.15, -0.1) is 0 Å². The molecule has 1 amide bonds. The summed E-state index contributed by atoms with van der Waals surface area (Å²) < 4.78 is 0. The van der Waals surface area contributed by atoms with Crippen LogP contribution in [0.4, 0.5) is 0 Å². The number of nitrogens with zero attached hydrogens (tertiary/aromatic N) is 1. The fourth-order valence-corrected chi connectivity index (χ4v) is 2.99. The van der Waals surface area contributed by atoms with Gasteiger partial charge in [0.15, 0.2) is 0 Å². The number of amides is 1. The third kappa shape index (κ3) is 2.94. The molecule has 0 aliphatic heterocycles. The average molecular weight is 320 g/mol. The molecule has 0 fully saturated rings. The summed E-state index contributed by atoms with van der Waals surface area (Å²) in [6.07, 6.45) is 1.09. The van der Waals surface area contributed by atoms with E-state index in [0.29, 0.717) is 11.6 Å². The van der Waals surface area contributed by atoms with Crippen LogP contribution in [0.15, 0.2) is 48.5 Å². The standard InChI is InChI=1S/C21H24N2O/c1-5-14(2)16-11-17(15-9-7-6-8-10-15)18-13-20(21(24)23(3)4)22-19(18)12-16/h6-14,22H,5H2,1-4H3. The largest absolute Gasteiger partial charge is 0.350 e. The number of H-pyrrole nitrogens is 1. The highest BCUT2D eigenvalue weighted by Gasteiger charge is 2.16. The van der Waals surface area contributed by atoms with Crippen LogP contribution in [0.25, 0.3) is 22.0 Å². The molecule has 3 aromatic rings. The molecule has 3 rings (SSSR count). The van der Waals surface area contributed by atoms with Crippen molar-refractivity contribution in [2.75, 3.05) is 14.1 Å². The first kappa shape index (κ1) is 16.3. The van der Waals surface area contributed by atoms with E-state index in [9.17, 15) is 4.79 Å². The molecular formula is C21H24N2O. The Kier molecular flexibility index (Phi) is 4.43. The van der Waals surface area contributed by atoms with Gasteiger partial charge >= 0.3 is 0 Å². The number of aromatic amines is 1. The number of hydrogen-bond acceptors (Lipinski definition) is 1. The van der Waals surface area contributed by atoms with Crippen molar-refractivity contribution in [2.24, 2.45) is 0 Å². The molecule has 1 heterocycles. The SMILES string of the molecule is CCC(C)c1cc(-c2ccccc2)c2cc(C(=O)N(C)C)[nH]c2c1. The second kappa shape index (κ2) is 6.52. The van der Waals surface area contributed by atoms with Crippen LogP contribution in [0, 0.1) is 0 Å². The van der Waals surface area contributed by atoms with Crippen LogP contribution in [0.1, 0.15) is 42.2 Å². The minimum Gasteiger partial charge on any atom is -0.350 e. The van der Waals surface area contributed by atoms with Gasteiger partial charge < -0.3 is 9.88 Å². The van der Waals surface area contributed by atoms with E-state index in [0.717, 1.165) is 17.3 Å². The van der Waals surface area contributed by atoms with Gasteiger partial charge in [0.1, 0.15) is 5.69 Å². The molecule has 3 heteroatoms. The van der Waals surface area contributed by atoms with Gasteiger partial charge in [0.25, 0.3) is 5.91 Å². The number of hydrogen-bond donors (Lipinski definition) is 1. The zero-order valence-corrected chi connectivity index (χ0v) is 14.8. The van der Waals surface area contributed by atoms with E-state index < -0.39 is 0 Å². The number of nitrogens with one attached hydrogen (secondary N) is 1. The lowest BCUT2D eigenvalue weighted by atomic mass is 9.92. The molecule has 24 heavy (non-hydrogen) atoms. The minimum atomic E-state index is -0.00435. The van der Waals surface area contributed by atoms with E-state index in [1.165, 1.54) is 16.7 Å². The van der Waals surface area contributed by atoms with Crippen molar-refractivity contribution >= 4 is 16.8 Å². The minimum absolute atomic E-state index is 0.00435. The maximum Gasteiger partial charge on any atom is 0.269 e. The van der Waals surface area contributed by atoms with Crippen LogP contribution in [-0.2, 0) is 0 Å². The van der Waals surface area contributed by atoms with E-state index in [-0.39, 0.29) is 5.91 Å². The highest BCUT2D eigenvalue weighted by atomic mass is 16.2. The second-order valence-corrected chi connectivity index (χ2v) is 6.59. The Balaban J connectivity index is 2.24. The molecular weight excluding hydrogens is 296 g/mol. The van der Waals surface area contributed by atoms with Crippen molar-refractivity contribution in [3.63, 3.8) is 0 Å². The monoisotopic (exact) mass is 320 g/mol. The van der Waals surface area contributed by atoms with E-state index in [4.69, 9.17) is 0 Å². The quantitative estimate of drug-likeness (QED) is 0.717. The Morgan fingerprint density at radius 2 is 1.83 bits per heavy atom. The Morgan fingerprint density at radius 3 is 2.46 bits per heavy atom. The fourth-order valence-electron chi connectivity index (χ4n) is 2.99. The molecule has 1 N–H and O–H groups in total. The van der Waals surface area contributed by atoms with Crippen LogP contribution in [0.5, 0.6) is 0 Å². The van der Waals surface area contributed by atoms with Crippen LogP contribution >= 0.6 is 0 Å². The molecule has 1 aromatic heterocycles. The van der Waals surface area contributed by atoms with Gasteiger partial charge in [0.2, 0.25) is 0 Å². The van der Waals surface area contributed by atoms with Gasteiger partial charge in [-0.3, -0.25) is 4.79 Å². The normalized spacial score (nSPS) is 12.3. The molecule has 0 radical (unpaired) electrons. The average Bonchev–Trinajstić information content (AvgIpc) is 3.04. The zero-order valence-electron chi connectivity index (χ0n) is 14.8. The molecule has 0 saturated carbocycles. The number of carbonyl (C=O) groups is 1. The van der Waals surface area contributed by atoms with Gasteiger partial charge in [-0.2, -0.15) is 0 Å². The topological polar surface area (TPSA) is 36.1 Å². The predicted octanol–water partition coefficient (Wildman–Crippen LogP) is 5.05. The first-order valence-corrected chi connectivity index (χ1v) is 8.45. The lowest BCUT2D eigenvalue weighted by Gasteiger charge is -2.12. The van der Waals surface area contributed by atoms with E-state index >= 15 is 0 Å². The van der Waals surface area contributed by atoms with Crippen LogP contribution in [0.3, 0.4) is 0 Å². The molecule has 1 unspecified atom stereocenters. The number of fused-ring (bicyclic) bond motifs is 1. The summed E-state index contributed by atoms with van der Waals surface area (Å²) in [7, 11) is 3.55. The molecule has 0 aliphatic rings. The van der Waals surface area contributed by atoms with Gasteiger partial charge in [0.05, 0.1) is 0 Å². The number of carbonyl (C=O) groups excluding carboxylic acids is 1. The Hall–Kier alpha value is -2.55. The highest BCUT2D eigenvalue weighted by molar-refractivity contribution is 6.03.